The van der Waals surface area contributed by atoms with Crippen molar-refractivity contribution in [3.63, 3.8) is 0 Å². The van der Waals surface area contributed by atoms with Crippen LogP contribution >= 0.6 is 0 Å². The fourth-order valence-electron chi connectivity index (χ4n) is 2.32. The molecule has 1 N–H and O–H groups in total. The molecule has 0 aromatic heterocycles. The molecule has 27 heavy (non-hydrogen) atoms. The van der Waals surface area contributed by atoms with Crippen molar-refractivity contribution in [3.05, 3.63) is 59.7 Å². The standard InChI is InChI=1S/C20H21F2NO4/c1-25-17-11-15(12-18(13-17)26-2)5-8-19(24)23-10-9-14-3-6-16(7-4-14)27-20(21)22/h3-8,11-13,20H,9-10H2,1-2H3,(H,23,24)/b8-5+. The number of methoxy groups -OCH3 is 2. The Hall–Kier alpha value is -3.09. The Morgan fingerprint density at radius 3 is 2.22 bits per heavy atom. The van der Waals surface area contributed by atoms with Crippen molar-refractivity contribution in [1.82, 2.24) is 5.32 Å². The zero-order valence-corrected chi connectivity index (χ0v) is 15.1. The van der Waals surface area contributed by atoms with Crippen molar-refractivity contribution in [1.29, 1.82) is 0 Å². The number of benzene rings is 2. The number of nitrogens with one attached hydrogen (secondary N) is 1. The van der Waals surface area contributed by atoms with E-state index in [2.05, 4.69) is 10.1 Å². The summed E-state index contributed by atoms with van der Waals surface area (Å²) in [6, 6.07) is 11.6. The van der Waals surface area contributed by atoms with E-state index in [1.165, 1.54) is 18.2 Å². The van der Waals surface area contributed by atoms with Crippen LogP contribution in [0, 0.1) is 0 Å². The minimum absolute atomic E-state index is 0.106. The van der Waals surface area contributed by atoms with Gasteiger partial charge in [-0.3, -0.25) is 4.79 Å². The predicted molar refractivity (Wildman–Crippen MR) is 98.4 cm³/mol. The lowest BCUT2D eigenvalue weighted by molar-refractivity contribution is -0.116. The van der Waals surface area contributed by atoms with Gasteiger partial charge in [-0.05, 0) is 47.9 Å². The van der Waals surface area contributed by atoms with E-state index in [9.17, 15) is 13.6 Å². The maximum absolute atomic E-state index is 12.1. The highest BCUT2D eigenvalue weighted by atomic mass is 19.3. The third-order valence-corrected chi connectivity index (χ3v) is 3.66. The highest BCUT2D eigenvalue weighted by Crippen LogP contribution is 2.23. The summed E-state index contributed by atoms with van der Waals surface area (Å²) in [7, 11) is 3.11. The van der Waals surface area contributed by atoms with Crippen LogP contribution in [0.5, 0.6) is 17.2 Å². The molecular formula is C20H21F2NO4. The van der Waals surface area contributed by atoms with Crippen molar-refractivity contribution in [3.8, 4) is 17.2 Å². The normalized spacial score (nSPS) is 10.9. The van der Waals surface area contributed by atoms with Gasteiger partial charge < -0.3 is 19.5 Å². The molecule has 0 aliphatic heterocycles. The molecule has 2 rings (SSSR count). The highest BCUT2D eigenvalue weighted by molar-refractivity contribution is 5.91. The van der Waals surface area contributed by atoms with E-state index in [1.54, 1.807) is 50.6 Å². The van der Waals surface area contributed by atoms with Crippen molar-refractivity contribution in [2.75, 3.05) is 20.8 Å². The summed E-state index contributed by atoms with van der Waals surface area (Å²) >= 11 is 0. The van der Waals surface area contributed by atoms with Crippen LogP contribution in [0.2, 0.25) is 0 Å². The first-order chi connectivity index (χ1) is 13.0. The quantitative estimate of drug-likeness (QED) is 0.678. The summed E-state index contributed by atoms with van der Waals surface area (Å²) in [6.07, 6.45) is 3.66. The molecule has 2 aromatic rings. The van der Waals surface area contributed by atoms with Gasteiger partial charge >= 0.3 is 6.61 Å². The van der Waals surface area contributed by atoms with E-state index in [4.69, 9.17) is 9.47 Å². The van der Waals surface area contributed by atoms with E-state index in [-0.39, 0.29) is 11.7 Å². The molecule has 0 spiro atoms. The van der Waals surface area contributed by atoms with Gasteiger partial charge in [-0.15, -0.1) is 0 Å². The first-order valence-corrected chi connectivity index (χ1v) is 8.23. The number of carbonyl (C=O) groups excluding carboxylic acids is 1. The molecule has 1 amide bonds. The number of hydrogen-bond acceptors (Lipinski definition) is 4. The molecule has 0 fully saturated rings. The third kappa shape index (κ3) is 6.97. The summed E-state index contributed by atoms with van der Waals surface area (Å²) in [6.45, 7) is -2.42. The fraction of sp³-hybridized carbons (Fsp3) is 0.250. The van der Waals surface area contributed by atoms with E-state index in [0.29, 0.717) is 24.5 Å². The first-order valence-electron chi connectivity index (χ1n) is 8.23. The van der Waals surface area contributed by atoms with Crippen LogP contribution in [0.15, 0.2) is 48.5 Å². The third-order valence-electron chi connectivity index (χ3n) is 3.66. The summed E-state index contributed by atoms with van der Waals surface area (Å²) in [4.78, 5) is 11.9. The van der Waals surface area contributed by atoms with Crippen LogP contribution in [-0.2, 0) is 11.2 Å². The first kappa shape index (κ1) is 20.2. The molecule has 0 bridgehead atoms. The molecule has 0 unspecified atom stereocenters. The minimum atomic E-state index is -2.84. The van der Waals surface area contributed by atoms with Gasteiger partial charge in [-0.2, -0.15) is 8.78 Å². The average molecular weight is 377 g/mol. The molecule has 0 saturated carbocycles. The number of alkyl halides is 2. The second-order valence-corrected chi connectivity index (χ2v) is 5.54. The summed E-state index contributed by atoms with van der Waals surface area (Å²) in [5, 5.41) is 2.77. The van der Waals surface area contributed by atoms with Gasteiger partial charge in [0.25, 0.3) is 0 Å². The fourth-order valence-corrected chi connectivity index (χ4v) is 2.32. The van der Waals surface area contributed by atoms with Crippen molar-refractivity contribution < 1.29 is 27.8 Å². The van der Waals surface area contributed by atoms with Gasteiger partial charge in [0.05, 0.1) is 14.2 Å². The maximum Gasteiger partial charge on any atom is 0.387 e. The largest absolute Gasteiger partial charge is 0.497 e. The van der Waals surface area contributed by atoms with E-state index < -0.39 is 6.61 Å². The number of halogens is 2. The van der Waals surface area contributed by atoms with Crippen molar-refractivity contribution in [2.45, 2.75) is 13.0 Å². The lowest BCUT2D eigenvalue weighted by Crippen LogP contribution is -2.23. The van der Waals surface area contributed by atoms with E-state index in [0.717, 1.165) is 11.1 Å². The summed E-state index contributed by atoms with van der Waals surface area (Å²) < 4.78 is 38.9. The van der Waals surface area contributed by atoms with Gasteiger partial charge in [0, 0.05) is 18.7 Å². The monoisotopic (exact) mass is 377 g/mol. The number of amides is 1. The van der Waals surface area contributed by atoms with Gasteiger partial charge in [-0.25, -0.2) is 0 Å². The predicted octanol–water partition coefficient (Wildman–Crippen LogP) is 3.68. The Labute approximate surface area is 156 Å². The molecule has 144 valence electrons. The Kier molecular flexibility index (Phi) is 7.61. The smallest absolute Gasteiger partial charge is 0.387 e. The van der Waals surface area contributed by atoms with E-state index >= 15 is 0 Å². The van der Waals surface area contributed by atoms with E-state index in [1.807, 2.05) is 0 Å². The number of carbonyl (C=O) groups is 1. The zero-order valence-electron chi connectivity index (χ0n) is 15.1. The van der Waals surface area contributed by atoms with Crippen LogP contribution in [0.1, 0.15) is 11.1 Å². The lowest BCUT2D eigenvalue weighted by Gasteiger charge is -2.07. The van der Waals surface area contributed by atoms with Crippen LogP contribution in [0.4, 0.5) is 8.78 Å². The molecule has 0 heterocycles. The molecule has 5 nitrogen and oxygen atoms in total. The molecule has 0 saturated heterocycles. The zero-order chi connectivity index (χ0) is 19.6. The summed E-state index contributed by atoms with van der Waals surface area (Å²) in [5.41, 5.74) is 1.68. The number of rotatable bonds is 9. The van der Waals surface area contributed by atoms with Crippen LogP contribution in [0.3, 0.4) is 0 Å². The Bertz CT molecular complexity index is 754. The van der Waals surface area contributed by atoms with Crippen molar-refractivity contribution >= 4 is 12.0 Å². The molecule has 0 radical (unpaired) electrons. The Morgan fingerprint density at radius 2 is 1.67 bits per heavy atom. The number of hydrogen-bond donors (Lipinski definition) is 1. The van der Waals surface area contributed by atoms with Gasteiger partial charge in [0.15, 0.2) is 0 Å². The molecule has 0 aliphatic carbocycles. The minimum Gasteiger partial charge on any atom is -0.497 e. The van der Waals surface area contributed by atoms with Crippen LogP contribution < -0.4 is 19.5 Å². The summed E-state index contributed by atoms with van der Waals surface area (Å²) in [5.74, 6) is 1.13. The molecular weight excluding hydrogens is 356 g/mol. The Morgan fingerprint density at radius 1 is 1.04 bits per heavy atom. The second-order valence-electron chi connectivity index (χ2n) is 5.54. The molecule has 0 aliphatic rings. The topological polar surface area (TPSA) is 56.8 Å². The highest BCUT2D eigenvalue weighted by Gasteiger charge is 2.04. The van der Waals surface area contributed by atoms with Crippen molar-refractivity contribution in [2.24, 2.45) is 0 Å². The van der Waals surface area contributed by atoms with Gasteiger partial charge in [0.1, 0.15) is 17.2 Å². The van der Waals surface area contributed by atoms with Gasteiger partial charge in [0.2, 0.25) is 5.91 Å². The molecule has 7 heteroatoms. The average Bonchev–Trinajstić information content (AvgIpc) is 2.67. The lowest BCUT2D eigenvalue weighted by atomic mass is 10.1. The second kappa shape index (κ2) is 10.2. The Balaban J connectivity index is 1.83. The molecule has 2 aromatic carbocycles. The van der Waals surface area contributed by atoms with Crippen LogP contribution in [0.25, 0.3) is 6.08 Å². The van der Waals surface area contributed by atoms with Crippen LogP contribution in [-0.4, -0.2) is 33.3 Å². The van der Waals surface area contributed by atoms with Gasteiger partial charge in [-0.1, -0.05) is 12.1 Å². The molecule has 0 atom stereocenters. The maximum atomic E-state index is 12.1. The SMILES string of the molecule is COc1cc(/C=C/C(=O)NCCc2ccc(OC(F)F)cc2)cc(OC)c1. The number of ether oxygens (including phenoxy) is 3.